The number of rotatable bonds is 5. The Hall–Kier alpha value is 0.0849. The van der Waals surface area contributed by atoms with Crippen molar-refractivity contribution in [1.29, 1.82) is 0 Å². The van der Waals surface area contributed by atoms with E-state index in [9.17, 15) is 4.79 Å². The monoisotopic (exact) mass is 188 g/mol. The molecule has 2 unspecified atom stereocenters. The zero-order valence-corrected chi connectivity index (χ0v) is 9.05. The summed E-state index contributed by atoms with van der Waals surface area (Å²) in [6, 6.07) is -0.327. The summed E-state index contributed by atoms with van der Waals surface area (Å²) in [7, 11) is 2.49. The van der Waals surface area contributed by atoms with E-state index in [1.165, 1.54) is 0 Å². The third-order valence-electron chi connectivity index (χ3n) is 1.58. The molecule has 0 spiro atoms. The number of hydrogen-bond donors (Lipinski definition) is 2. The van der Waals surface area contributed by atoms with Gasteiger partial charge in [-0.05, 0) is 11.5 Å². The molecule has 0 aromatic heterocycles. The van der Waals surface area contributed by atoms with Crippen LogP contribution in [0.15, 0.2) is 0 Å². The van der Waals surface area contributed by atoms with Crippen LogP contribution in [0.3, 0.4) is 0 Å². The second-order valence-corrected chi connectivity index (χ2v) is 5.20. The maximum absolute atomic E-state index is 11.5. The first-order chi connectivity index (χ1) is 5.39. The molecular weight excluding hydrogens is 170 g/mol. The van der Waals surface area contributed by atoms with Gasteiger partial charge in [-0.3, -0.25) is 4.79 Å². The van der Waals surface area contributed by atoms with Crippen molar-refractivity contribution in [3.63, 3.8) is 0 Å². The summed E-state index contributed by atoms with van der Waals surface area (Å²) in [6.07, 6.45) is 1.36. The Balaban J connectivity index is 3.94. The van der Waals surface area contributed by atoms with Crippen molar-refractivity contribution >= 4 is 22.2 Å². The topological polar surface area (TPSA) is 69.1 Å². The summed E-state index contributed by atoms with van der Waals surface area (Å²) in [5, 5.41) is -0.321. The Labute approximate surface area is 76.8 Å². The van der Waals surface area contributed by atoms with Crippen molar-refractivity contribution < 1.29 is 4.79 Å². The highest BCUT2D eigenvalue weighted by atomic mass is 31.1. The van der Waals surface area contributed by atoms with Crippen LogP contribution in [0.2, 0.25) is 5.31 Å². The Morgan fingerprint density at radius 1 is 1.67 bits per heavy atom. The molecule has 0 fully saturated rings. The maximum atomic E-state index is 11.5. The van der Waals surface area contributed by atoms with Gasteiger partial charge in [-0.15, -0.1) is 8.58 Å². The molecule has 0 saturated carbocycles. The molecule has 0 aliphatic rings. The fraction of sp³-hybridized carbons (Fsp3) is 0.857. The first kappa shape index (κ1) is 12.1. The largest absolute Gasteiger partial charge is 0.327 e. The minimum atomic E-state index is -0.327. The number of carbonyl (C=O) groups excluding carboxylic acids is 1. The molecule has 0 amide bonds. The van der Waals surface area contributed by atoms with Crippen molar-refractivity contribution in [3.05, 3.63) is 0 Å². The van der Waals surface area contributed by atoms with Crippen molar-refractivity contribution in [1.82, 2.24) is 0 Å². The molecule has 0 rings (SSSR count). The molecule has 2 atom stereocenters. The van der Waals surface area contributed by atoms with Crippen molar-refractivity contribution in [2.75, 3.05) is 12.4 Å². The lowest BCUT2D eigenvalue weighted by atomic mass is 9.68. The molecule has 3 nitrogen and oxygen atoms in total. The second-order valence-electron chi connectivity index (χ2n) is 3.88. The zero-order chi connectivity index (χ0) is 9.78. The molecule has 0 aromatic rings. The number of Topliss-reactive ketones (excluding diaryl/α,β-unsaturated/α-hetero) is 1. The van der Waals surface area contributed by atoms with E-state index in [1.807, 2.05) is 21.7 Å². The molecule has 0 aliphatic heterocycles. The summed E-state index contributed by atoms with van der Waals surface area (Å²) in [5.41, 5.74) is 11.0. The molecule has 0 bridgehead atoms. The summed E-state index contributed by atoms with van der Waals surface area (Å²) >= 11 is 0. The summed E-state index contributed by atoms with van der Waals surface area (Å²) in [5.74, 6) is 0.128. The van der Waals surface area contributed by atoms with Gasteiger partial charge in [0.05, 0.1) is 6.04 Å². The molecule has 12 heavy (non-hydrogen) atoms. The van der Waals surface area contributed by atoms with E-state index in [0.29, 0.717) is 14.9 Å². The summed E-state index contributed by atoms with van der Waals surface area (Å²) in [4.78, 5) is 11.5. The number of carbonyl (C=O) groups is 1. The summed E-state index contributed by atoms with van der Waals surface area (Å²) < 4.78 is 0. The predicted molar refractivity (Wildman–Crippen MR) is 57.8 cm³/mol. The lowest BCUT2D eigenvalue weighted by Crippen LogP contribution is -2.38. The maximum Gasteiger partial charge on any atom is 0.147 e. The van der Waals surface area contributed by atoms with Gasteiger partial charge in [-0.25, -0.2) is 0 Å². The van der Waals surface area contributed by atoms with Crippen LogP contribution in [0.5, 0.6) is 0 Å². The first-order valence-corrected chi connectivity index (χ1v) is 5.51. The van der Waals surface area contributed by atoms with Crippen LogP contribution in [0.4, 0.5) is 0 Å². The molecule has 0 aromatic carbocycles. The van der Waals surface area contributed by atoms with Gasteiger partial charge in [0.2, 0.25) is 0 Å². The lowest BCUT2D eigenvalue weighted by Gasteiger charge is -2.21. The van der Waals surface area contributed by atoms with E-state index in [4.69, 9.17) is 11.5 Å². The minimum absolute atomic E-state index is 0.128. The van der Waals surface area contributed by atoms with Crippen LogP contribution in [-0.2, 0) is 4.79 Å². The van der Waals surface area contributed by atoms with E-state index in [1.54, 1.807) is 0 Å². The van der Waals surface area contributed by atoms with Crippen molar-refractivity contribution in [2.45, 2.75) is 25.2 Å². The minimum Gasteiger partial charge on any atom is -0.327 e. The highest BCUT2D eigenvalue weighted by molar-refractivity contribution is 7.38. The van der Waals surface area contributed by atoms with Gasteiger partial charge in [0, 0.05) is 6.29 Å². The third-order valence-corrected chi connectivity index (χ3v) is 2.60. The quantitative estimate of drug-likeness (QED) is 0.443. The molecule has 70 valence electrons. The Bertz CT molecular complexity index is 158. The Kier molecular flexibility index (Phi) is 4.99. The Morgan fingerprint density at radius 3 is 2.50 bits per heavy atom. The molecule has 0 saturated heterocycles. The van der Waals surface area contributed by atoms with E-state index < -0.39 is 0 Å². The molecule has 0 heterocycles. The second kappa shape index (κ2) is 4.95. The first-order valence-electron chi connectivity index (χ1n) is 4.10. The lowest BCUT2D eigenvalue weighted by molar-refractivity contribution is -0.121. The van der Waals surface area contributed by atoms with Crippen LogP contribution >= 0.6 is 8.58 Å². The summed E-state index contributed by atoms with van der Waals surface area (Å²) in [6.45, 7) is 3.78. The van der Waals surface area contributed by atoms with Crippen LogP contribution in [-0.4, -0.2) is 32.1 Å². The fourth-order valence-electron chi connectivity index (χ4n) is 0.888. The van der Waals surface area contributed by atoms with Crippen LogP contribution < -0.4 is 11.5 Å². The van der Waals surface area contributed by atoms with Crippen LogP contribution in [0.1, 0.15) is 13.8 Å². The van der Waals surface area contributed by atoms with Gasteiger partial charge >= 0.3 is 0 Å². The van der Waals surface area contributed by atoms with Gasteiger partial charge in [0.25, 0.3) is 0 Å². The number of ketones is 1. The SMILES string of the molecule is BC(C)(C)C(=O)C(N)CPCN. The standard InChI is InChI=1S/C7H18BN2OP/c1-7(2,8)6(11)5(10)3-12-4-9/h5,12H,3-4,8-10H2,1-2H3. The van der Waals surface area contributed by atoms with Crippen LogP contribution in [0.25, 0.3) is 0 Å². The highest BCUT2D eigenvalue weighted by Crippen LogP contribution is 2.22. The van der Waals surface area contributed by atoms with Gasteiger partial charge in [-0.1, -0.05) is 13.8 Å². The zero-order valence-electron chi connectivity index (χ0n) is 8.05. The van der Waals surface area contributed by atoms with Gasteiger partial charge in [0.1, 0.15) is 13.6 Å². The van der Waals surface area contributed by atoms with Crippen molar-refractivity contribution in [3.8, 4) is 0 Å². The number of hydrogen-bond acceptors (Lipinski definition) is 3. The fourth-order valence-corrected chi connectivity index (χ4v) is 1.55. The van der Waals surface area contributed by atoms with E-state index in [2.05, 4.69) is 0 Å². The third kappa shape index (κ3) is 4.20. The average molecular weight is 188 g/mol. The molecule has 4 N–H and O–H groups in total. The van der Waals surface area contributed by atoms with E-state index in [0.717, 1.165) is 6.16 Å². The predicted octanol–water partition coefficient (Wildman–Crippen LogP) is -0.691. The van der Waals surface area contributed by atoms with Gasteiger partial charge in [-0.2, -0.15) is 0 Å². The van der Waals surface area contributed by atoms with E-state index >= 15 is 0 Å². The van der Waals surface area contributed by atoms with Gasteiger partial charge in [0.15, 0.2) is 0 Å². The van der Waals surface area contributed by atoms with E-state index in [-0.39, 0.29) is 17.1 Å². The molecular formula is C7H18BN2OP. The van der Waals surface area contributed by atoms with Crippen molar-refractivity contribution in [2.24, 2.45) is 11.5 Å². The number of nitrogens with two attached hydrogens (primary N) is 2. The highest BCUT2D eigenvalue weighted by Gasteiger charge is 2.26. The Morgan fingerprint density at radius 2 is 2.17 bits per heavy atom. The molecule has 0 aliphatic carbocycles. The van der Waals surface area contributed by atoms with Gasteiger partial charge < -0.3 is 11.5 Å². The van der Waals surface area contributed by atoms with Crippen LogP contribution in [0, 0.1) is 0 Å². The smallest absolute Gasteiger partial charge is 0.147 e. The normalized spacial score (nSPS) is 15.3. The average Bonchev–Trinajstić information content (AvgIpc) is 1.97. The molecule has 5 heteroatoms. The molecule has 0 radical (unpaired) electrons.